The summed E-state index contributed by atoms with van der Waals surface area (Å²) in [6.45, 7) is 0. The summed E-state index contributed by atoms with van der Waals surface area (Å²) in [5.41, 5.74) is 39.5. The predicted octanol–water partition coefficient (Wildman–Crippen LogP) is 2.64. The van der Waals surface area contributed by atoms with E-state index >= 15 is 0 Å². The van der Waals surface area contributed by atoms with Crippen molar-refractivity contribution in [3.05, 3.63) is 36.4 Å². The van der Waals surface area contributed by atoms with E-state index < -0.39 is 0 Å². The van der Waals surface area contributed by atoms with Gasteiger partial charge in [-0.15, -0.1) is 0 Å². The molecule has 0 amide bonds. The molecule has 120 valence electrons. The van der Waals surface area contributed by atoms with Gasteiger partial charge in [0.15, 0.2) is 0 Å². The fourth-order valence-corrected chi connectivity index (χ4v) is 3.34. The Morgan fingerprint density at radius 3 is 1.25 bits per heavy atom. The highest BCUT2D eigenvalue weighted by Gasteiger charge is 2.14. The molecular formula is C18H18N6. The van der Waals surface area contributed by atoms with Crippen LogP contribution in [0, 0.1) is 0 Å². The van der Waals surface area contributed by atoms with Crippen LogP contribution in [0.2, 0.25) is 0 Å². The summed E-state index contributed by atoms with van der Waals surface area (Å²) in [5, 5.41) is 5.47. The van der Waals surface area contributed by atoms with Crippen LogP contribution >= 0.6 is 0 Å². The van der Waals surface area contributed by atoms with E-state index in [1.165, 1.54) is 0 Å². The molecule has 24 heavy (non-hydrogen) atoms. The van der Waals surface area contributed by atoms with Gasteiger partial charge in [-0.2, -0.15) is 0 Å². The highest BCUT2D eigenvalue weighted by atomic mass is 14.7. The van der Waals surface area contributed by atoms with Gasteiger partial charge in [-0.1, -0.05) is 0 Å². The quantitative estimate of drug-likeness (QED) is 0.216. The summed E-state index contributed by atoms with van der Waals surface area (Å²) >= 11 is 0. The highest BCUT2D eigenvalue weighted by molar-refractivity contribution is 6.30. The topological polar surface area (TPSA) is 156 Å². The molecule has 4 aromatic rings. The van der Waals surface area contributed by atoms with Crippen molar-refractivity contribution in [3.63, 3.8) is 0 Å². The smallest absolute Gasteiger partial charge is 0.0554 e. The number of rotatable bonds is 0. The minimum absolute atomic E-state index is 0.503. The molecule has 0 fully saturated rings. The third kappa shape index (κ3) is 1.77. The number of fused-ring (bicyclic) bond motifs is 6. The van der Waals surface area contributed by atoms with Crippen molar-refractivity contribution in [1.29, 1.82) is 0 Å². The number of hydrogen-bond donors (Lipinski definition) is 6. The van der Waals surface area contributed by atoms with Crippen molar-refractivity contribution in [3.8, 4) is 0 Å². The third-order valence-electron chi connectivity index (χ3n) is 4.49. The van der Waals surface area contributed by atoms with Gasteiger partial charge in [0.2, 0.25) is 0 Å². The normalized spacial score (nSPS) is 11.5. The van der Waals surface area contributed by atoms with Gasteiger partial charge in [0.25, 0.3) is 0 Å². The van der Waals surface area contributed by atoms with Gasteiger partial charge in [-0.05, 0) is 63.3 Å². The molecule has 0 aliphatic rings. The van der Waals surface area contributed by atoms with Crippen molar-refractivity contribution in [2.75, 3.05) is 34.4 Å². The lowest BCUT2D eigenvalue weighted by atomic mass is 9.91. The molecule has 6 heteroatoms. The highest BCUT2D eigenvalue weighted by Crippen LogP contribution is 2.42. The van der Waals surface area contributed by atoms with Crippen LogP contribution in [0.25, 0.3) is 32.3 Å². The maximum absolute atomic E-state index is 6.26. The van der Waals surface area contributed by atoms with Crippen LogP contribution in [-0.2, 0) is 0 Å². The number of hydrogen-bond acceptors (Lipinski definition) is 6. The van der Waals surface area contributed by atoms with Crippen LogP contribution in [0.4, 0.5) is 34.1 Å². The summed E-state index contributed by atoms with van der Waals surface area (Å²) in [5.74, 6) is 0. The standard InChI is InChI=1S/C18H18N6/c19-7-1-11-9-4-14(21)13(20)3-8(9)10-5-15(22)16(23)6-12(10)18(11)17(24)2-7/h1-6H,19-24H2. The van der Waals surface area contributed by atoms with Crippen molar-refractivity contribution < 1.29 is 0 Å². The lowest BCUT2D eigenvalue weighted by Gasteiger charge is -2.15. The Kier molecular flexibility index (Phi) is 2.63. The molecule has 0 atom stereocenters. The number of benzene rings is 4. The first-order valence-corrected chi connectivity index (χ1v) is 7.45. The largest absolute Gasteiger partial charge is 0.399 e. The monoisotopic (exact) mass is 318 g/mol. The van der Waals surface area contributed by atoms with Crippen LogP contribution < -0.4 is 34.4 Å². The Morgan fingerprint density at radius 1 is 0.375 bits per heavy atom. The van der Waals surface area contributed by atoms with E-state index in [0.29, 0.717) is 34.1 Å². The zero-order valence-corrected chi connectivity index (χ0v) is 12.9. The molecule has 0 saturated heterocycles. The maximum Gasteiger partial charge on any atom is 0.0554 e. The molecule has 0 aliphatic heterocycles. The zero-order valence-electron chi connectivity index (χ0n) is 12.9. The molecule has 0 heterocycles. The SMILES string of the molecule is Nc1cc(N)c2c(c1)c1cc(N)c(N)cc1c1cc(N)c(N)cc12. The molecule has 0 aromatic heterocycles. The van der Waals surface area contributed by atoms with Crippen LogP contribution in [0.3, 0.4) is 0 Å². The average molecular weight is 318 g/mol. The Balaban J connectivity index is 2.43. The van der Waals surface area contributed by atoms with Crippen molar-refractivity contribution in [1.82, 2.24) is 0 Å². The summed E-state index contributed by atoms with van der Waals surface area (Å²) < 4.78 is 0. The molecule has 0 aliphatic carbocycles. The van der Waals surface area contributed by atoms with Crippen molar-refractivity contribution in [2.24, 2.45) is 0 Å². The van der Waals surface area contributed by atoms with E-state index in [-0.39, 0.29) is 0 Å². The van der Waals surface area contributed by atoms with E-state index in [9.17, 15) is 0 Å². The van der Waals surface area contributed by atoms with Crippen LogP contribution in [0.5, 0.6) is 0 Å². The van der Waals surface area contributed by atoms with E-state index in [1.54, 1.807) is 6.07 Å². The van der Waals surface area contributed by atoms with Gasteiger partial charge in [-0.25, -0.2) is 0 Å². The Morgan fingerprint density at radius 2 is 0.750 bits per heavy atom. The molecule has 0 bridgehead atoms. The molecule has 0 saturated carbocycles. The summed E-state index contributed by atoms with van der Waals surface area (Å²) in [6, 6.07) is 11.0. The van der Waals surface area contributed by atoms with E-state index in [4.69, 9.17) is 34.4 Å². The van der Waals surface area contributed by atoms with E-state index in [2.05, 4.69) is 0 Å². The first kappa shape index (κ1) is 14.1. The Hall–Kier alpha value is -3.54. The summed E-state index contributed by atoms with van der Waals surface area (Å²) in [6.07, 6.45) is 0. The molecule has 4 rings (SSSR count). The predicted molar refractivity (Wildman–Crippen MR) is 105 cm³/mol. The molecule has 6 nitrogen and oxygen atoms in total. The van der Waals surface area contributed by atoms with Crippen molar-refractivity contribution in [2.45, 2.75) is 0 Å². The van der Waals surface area contributed by atoms with Gasteiger partial charge < -0.3 is 34.4 Å². The molecule has 0 radical (unpaired) electrons. The zero-order chi connectivity index (χ0) is 17.2. The molecular weight excluding hydrogens is 300 g/mol. The fraction of sp³-hybridized carbons (Fsp3) is 0. The molecule has 0 unspecified atom stereocenters. The van der Waals surface area contributed by atoms with Gasteiger partial charge in [0.1, 0.15) is 0 Å². The van der Waals surface area contributed by atoms with Gasteiger partial charge >= 0.3 is 0 Å². The van der Waals surface area contributed by atoms with Gasteiger partial charge in [0, 0.05) is 16.8 Å². The lowest BCUT2D eigenvalue weighted by Crippen LogP contribution is -1.99. The minimum Gasteiger partial charge on any atom is -0.399 e. The van der Waals surface area contributed by atoms with Crippen LogP contribution in [0.1, 0.15) is 0 Å². The average Bonchev–Trinajstić information content (AvgIpc) is 2.50. The summed E-state index contributed by atoms with van der Waals surface area (Å²) in [4.78, 5) is 0. The van der Waals surface area contributed by atoms with Gasteiger partial charge in [-0.3, -0.25) is 0 Å². The fourth-order valence-electron chi connectivity index (χ4n) is 3.34. The first-order valence-electron chi connectivity index (χ1n) is 7.45. The van der Waals surface area contributed by atoms with Crippen LogP contribution in [-0.4, -0.2) is 0 Å². The minimum atomic E-state index is 0.503. The lowest BCUT2D eigenvalue weighted by molar-refractivity contribution is 1.70. The molecule has 12 N–H and O–H groups in total. The number of nitrogens with two attached hydrogens (primary N) is 6. The molecule has 0 spiro atoms. The number of anilines is 6. The first-order chi connectivity index (χ1) is 11.4. The van der Waals surface area contributed by atoms with E-state index in [1.807, 2.05) is 30.3 Å². The second kappa shape index (κ2) is 4.48. The Labute approximate surface area is 138 Å². The second-order valence-electron chi connectivity index (χ2n) is 6.09. The van der Waals surface area contributed by atoms with E-state index in [0.717, 1.165) is 32.3 Å². The number of nitrogen functional groups attached to an aromatic ring is 6. The Bertz CT molecular complexity index is 1130. The second-order valence-corrected chi connectivity index (χ2v) is 6.09. The van der Waals surface area contributed by atoms with Gasteiger partial charge in [0.05, 0.1) is 22.7 Å². The molecule has 4 aromatic carbocycles. The van der Waals surface area contributed by atoms with Crippen LogP contribution in [0.15, 0.2) is 36.4 Å². The maximum atomic E-state index is 6.26. The van der Waals surface area contributed by atoms with Crippen molar-refractivity contribution >= 4 is 66.4 Å². The third-order valence-corrected chi connectivity index (χ3v) is 4.49. The summed E-state index contributed by atoms with van der Waals surface area (Å²) in [7, 11) is 0.